The number of amides is 2. The normalized spacial score (nSPS) is 17.0. The highest BCUT2D eigenvalue weighted by atomic mass is 16.2. The van der Waals surface area contributed by atoms with Gasteiger partial charge in [0.05, 0.1) is 5.56 Å². The quantitative estimate of drug-likeness (QED) is 0.886. The molecule has 2 aromatic rings. The van der Waals surface area contributed by atoms with Crippen LogP contribution in [0.4, 0.5) is 0 Å². The molecule has 0 radical (unpaired) electrons. The van der Waals surface area contributed by atoms with E-state index < -0.39 is 0 Å². The Morgan fingerprint density at radius 3 is 2.75 bits per heavy atom. The summed E-state index contributed by atoms with van der Waals surface area (Å²) in [5.41, 5.74) is 2.71. The van der Waals surface area contributed by atoms with Crippen LogP contribution >= 0.6 is 0 Å². The lowest BCUT2D eigenvalue weighted by molar-refractivity contribution is -0.130. The summed E-state index contributed by atoms with van der Waals surface area (Å²) < 4.78 is 0. The summed E-state index contributed by atoms with van der Waals surface area (Å²) in [6.45, 7) is 3.19. The lowest BCUT2D eigenvalue weighted by Crippen LogP contribution is -2.38. The Morgan fingerprint density at radius 2 is 2.04 bits per heavy atom. The number of rotatable bonds is 5. The second-order valence-corrected chi connectivity index (χ2v) is 6.30. The van der Waals surface area contributed by atoms with Gasteiger partial charge in [0.1, 0.15) is 0 Å². The molecule has 1 aromatic carbocycles. The molecule has 1 aliphatic heterocycles. The zero-order valence-corrected chi connectivity index (χ0v) is 13.9. The Bertz CT molecular complexity index is 708. The number of carbonyl (C=O) groups excluding carboxylic acids is 2. The molecule has 2 N–H and O–H groups in total. The molecule has 5 nitrogen and oxygen atoms in total. The van der Waals surface area contributed by atoms with E-state index in [0.29, 0.717) is 25.1 Å². The van der Waals surface area contributed by atoms with Crippen LogP contribution in [-0.2, 0) is 11.2 Å². The minimum absolute atomic E-state index is 0.0347. The standard InChI is InChI=1S/C19H23N3O2/c1-14-17(9-11-20-14)19(24)21-16-10-12-22(13-16)18(23)8-7-15-5-3-2-4-6-15/h2-6,9,11,16,20H,7-8,10,12-13H2,1H3,(H,21,24). The Hall–Kier alpha value is -2.56. The molecule has 1 aromatic heterocycles. The van der Waals surface area contributed by atoms with Gasteiger partial charge in [-0.15, -0.1) is 0 Å². The average molecular weight is 325 g/mol. The van der Waals surface area contributed by atoms with Crippen molar-refractivity contribution in [1.82, 2.24) is 15.2 Å². The molecule has 0 bridgehead atoms. The molecule has 3 rings (SSSR count). The van der Waals surface area contributed by atoms with Gasteiger partial charge in [-0.1, -0.05) is 30.3 Å². The van der Waals surface area contributed by atoms with Crippen LogP contribution in [0.15, 0.2) is 42.6 Å². The lowest BCUT2D eigenvalue weighted by Gasteiger charge is -2.17. The van der Waals surface area contributed by atoms with E-state index in [1.165, 1.54) is 5.56 Å². The molecule has 2 amide bonds. The van der Waals surface area contributed by atoms with Crippen LogP contribution in [-0.4, -0.2) is 40.8 Å². The first-order valence-corrected chi connectivity index (χ1v) is 8.40. The second kappa shape index (κ2) is 7.34. The number of aryl methyl sites for hydroxylation is 2. The Balaban J connectivity index is 1.47. The number of aromatic amines is 1. The summed E-state index contributed by atoms with van der Waals surface area (Å²) in [5.74, 6) is 0.0887. The van der Waals surface area contributed by atoms with Gasteiger partial charge >= 0.3 is 0 Å². The van der Waals surface area contributed by atoms with E-state index in [4.69, 9.17) is 0 Å². The largest absolute Gasteiger partial charge is 0.365 e. The van der Waals surface area contributed by atoms with Gasteiger partial charge in [-0.3, -0.25) is 9.59 Å². The fourth-order valence-electron chi connectivity index (χ4n) is 3.12. The number of hydrogen-bond acceptors (Lipinski definition) is 2. The Labute approximate surface area is 142 Å². The molecule has 1 unspecified atom stereocenters. The van der Waals surface area contributed by atoms with Crippen molar-refractivity contribution in [2.75, 3.05) is 13.1 Å². The fraction of sp³-hybridized carbons (Fsp3) is 0.368. The smallest absolute Gasteiger partial charge is 0.253 e. The number of nitrogens with one attached hydrogen (secondary N) is 2. The summed E-state index contributed by atoms with van der Waals surface area (Å²) in [6, 6.07) is 11.9. The van der Waals surface area contributed by atoms with Gasteiger partial charge in [0, 0.05) is 37.4 Å². The third-order valence-corrected chi connectivity index (χ3v) is 4.55. The summed E-state index contributed by atoms with van der Waals surface area (Å²) in [4.78, 5) is 29.4. The average Bonchev–Trinajstić information content (AvgIpc) is 3.22. The van der Waals surface area contributed by atoms with Gasteiger partial charge in [0.15, 0.2) is 0 Å². The maximum Gasteiger partial charge on any atom is 0.253 e. The highest BCUT2D eigenvalue weighted by Gasteiger charge is 2.27. The number of likely N-dealkylation sites (tertiary alicyclic amines) is 1. The van der Waals surface area contributed by atoms with E-state index in [1.807, 2.05) is 42.2 Å². The van der Waals surface area contributed by atoms with E-state index >= 15 is 0 Å². The summed E-state index contributed by atoms with van der Waals surface area (Å²) >= 11 is 0. The summed E-state index contributed by atoms with van der Waals surface area (Å²) in [6.07, 6.45) is 3.85. The molecule has 126 valence electrons. The van der Waals surface area contributed by atoms with E-state index in [2.05, 4.69) is 10.3 Å². The van der Waals surface area contributed by atoms with Crippen molar-refractivity contribution in [2.24, 2.45) is 0 Å². The van der Waals surface area contributed by atoms with E-state index in [-0.39, 0.29) is 17.9 Å². The molecule has 0 spiro atoms. The third kappa shape index (κ3) is 3.85. The van der Waals surface area contributed by atoms with Crippen LogP contribution in [0, 0.1) is 6.92 Å². The van der Waals surface area contributed by atoms with Crippen LogP contribution < -0.4 is 5.32 Å². The van der Waals surface area contributed by atoms with Crippen molar-refractivity contribution in [2.45, 2.75) is 32.2 Å². The van der Waals surface area contributed by atoms with Gasteiger partial charge in [0.2, 0.25) is 5.91 Å². The third-order valence-electron chi connectivity index (χ3n) is 4.55. The number of carbonyl (C=O) groups is 2. The number of hydrogen-bond donors (Lipinski definition) is 2. The maximum atomic E-state index is 12.3. The van der Waals surface area contributed by atoms with E-state index in [9.17, 15) is 9.59 Å². The zero-order valence-electron chi connectivity index (χ0n) is 13.9. The number of H-pyrrole nitrogens is 1. The van der Waals surface area contributed by atoms with Gasteiger partial charge in [-0.25, -0.2) is 0 Å². The summed E-state index contributed by atoms with van der Waals surface area (Å²) in [7, 11) is 0. The molecule has 5 heteroatoms. The SMILES string of the molecule is Cc1[nH]ccc1C(=O)NC1CCN(C(=O)CCc2ccccc2)C1. The first kappa shape index (κ1) is 16.3. The predicted octanol–water partition coefficient (Wildman–Crippen LogP) is 2.29. The molecule has 1 atom stereocenters. The molecule has 1 aliphatic rings. The van der Waals surface area contributed by atoms with Gasteiger partial charge in [-0.05, 0) is 31.4 Å². The second-order valence-electron chi connectivity index (χ2n) is 6.30. The van der Waals surface area contributed by atoms with E-state index in [1.54, 1.807) is 12.3 Å². The monoisotopic (exact) mass is 325 g/mol. The number of benzene rings is 1. The topological polar surface area (TPSA) is 65.2 Å². The highest BCUT2D eigenvalue weighted by molar-refractivity contribution is 5.95. The molecule has 0 aliphatic carbocycles. The van der Waals surface area contributed by atoms with E-state index in [0.717, 1.165) is 18.5 Å². The molecule has 1 fully saturated rings. The van der Waals surface area contributed by atoms with Gasteiger partial charge < -0.3 is 15.2 Å². The van der Waals surface area contributed by atoms with Gasteiger partial charge in [0.25, 0.3) is 5.91 Å². The summed E-state index contributed by atoms with van der Waals surface area (Å²) in [5, 5.41) is 3.03. The van der Waals surface area contributed by atoms with Crippen LogP contribution in [0.1, 0.15) is 34.5 Å². The first-order valence-electron chi connectivity index (χ1n) is 8.40. The van der Waals surface area contributed by atoms with Crippen LogP contribution in [0.25, 0.3) is 0 Å². The van der Waals surface area contributed by atoms with Crippen molar-refractivity contribution in [3.05, 3.63) is 59.4 Å². The van der Waals surface area contributed by atoms with Crippen LogP contribution in [0.3, 0.4) is 0 Å². The minimum atomic E-state index is -0.0719. The molecule has 24 heavy (non-hydrogen) atoms. The predicted molar refractivity (Wildman–Crippen MR) is 92.7 cm³/mol. The number of aromatic nitrogens is 1. The maximum absolute atomic E-state index is 12.3. The van der Waals surface area contributed by atoms with Crippen LogP contribution in [0.2, 0.25) is 0 Å². The highest BCUT2D eigenvalue weighted by Crippen LogP contribution is 2.14. The number of nitrogens with zero attached hydrogens (tertiary/aromatic N) is 1. The van der Waals surface area contributed by atoms with Crippen LogP contribution in [0.5, 0.6) is 0 Å². The lowest BCUT2D eigenvalue weighted by atomic mass is 10.1. The molecular weight excluding hydrogens is 302 g/mol. The molecule has 2 heterocycles. The van der Waals surface area contributed by atoms with Crippen molar-refractivity contribution in [3.63, 3.8) is 0 Å². The van der Waals surface area contributed by atoms with Crippen molar-refractivity contribution >= 4 is 11.8 Å². The van der Waals surface area contributed by atoms with Crippen molar-refractivity contribution in [3.8, 4) is 0 Å². The first-order chi connectivity index (χ1) is 11.6. The van der Waals surface area contributed by atoms with Gasteiger partial charge in [-0.2, -0.15) is 0 Å². The Morgan fingerprint density at radius 1 is 1.25 bits per heavy atom. The Kier molecular flexibility index (Phi) is 4.99. The molecular formula is C19H23N3O2. The zero-order chi connectivity index (χ0) is 16.9. The molecule has 1 saturated heterocycles. The van der Waals surface area contributed by atoms with Crippen molar-refractivity contribution < 1.29 is 9.59 Å². The fourth-order valence-corrected chi connectivity index (χ4v) is 3.12. The minimum Gasteiger partial charge on any atom is -0.365 e. The van der Waals surface area contributed by atoms with Crippen molar-refractivity contribution in [1.29, 1.82) is 0 Å². The molecule has 0 saturated carbocycles.